The van der Waals surface area contributed by atoms with Gasteiger partial charge in [0.2, 0.25) is 0 Å². The fraction of sp³-hybridized carbons (Fsp3) is 0.571. The molecule has 54 valence electrons. The SMILES string of the molecule is O=C1N[C@H]2CC=CC[C@H]2N1. The summed E-state index contributed by atoms with van der Waals surface area (Å²) in [7, 11) is 0. The molecule has 2 N–H and O–H groups in total. The third kappa shape index (κ3) is 0.781. The zero-order valence-electron chi connectivity index (χ0n) is 5.63. The molecule has 2 aliphatic rings. The van der Waals surface area contributed by atoms with E-state index in [1.165, 1.54) is 0 Å². The van der Waals surface area contributed by atoms with Gasteiger partial charge in [-0.3, -0.25) is 0 Å². The van der Waals surface area contributed by atoms with Crippen molar-refractivity contribution in [1.82, 2.24) is 10.6 Å². The third-order valence-electron chi connectivity index (χ3n) is 2.07. The Kier molecular flexibility index (Phi) is 1.16. The number of fused-ring (bicyclic) bond motifs is 1. The van der Waals surface area contributed by atoms with Gasteiger partial charge in [-0.1, -0.05) is 12.2 Å². The van der Waals surface area contributed by atoms with Gasteiger partial charge in [-0.2, -0.15) is 0 Å². The summed E-state index contributed by atoms with van der Waals surface area (Å²) >= 11 is 0. The van der Waals surface area contributed by atoms with Gasteiger partial charge < -0.3 is 10.6 Å². The molecule has 0 aromatic heterocycles. The van der Waals surface area contributed by atoms with Crippen molar-refractivity contribution in [2.75, 3.05) is 0 Å². The van der Waals surface area contributed by atoms with Crippen molar-refractivity contribution in [3.05, 3.63) is 12.2 Å². The van der Waals surface area contributed by atoms with Crippen molar-refractivity contribution in [2.45, 2.75) is 24.9 Å². The maximum Gasteiger partial charge on any atom is 0.315 e. The number of hydrogen-bond donors (Lipinski definition) is 2. The second kappa shape index (κ2) is 2.01. The predicted octanol–water partition coefficient (Wildman–Crippen LogP) is 0.386. The molecule has 0 bridgehead atoms. The number of rotatable bonds is 0. The first-order valence-corrected chi connectivity index (χ1v) is 3.58. The molecular formula is C7H10N2O. The van der Waals surface area contributed by atoms with Crippen molar-refractivity contribution in [1.29, 1.82) is 0 Å². The van der Waals surface area contributed by atoms with Crippen LogP contribution in [0.15, 0.2) is 12.2 Å². The van der Waals surface area contributed by atoms with E-state index in [0.717, 1.165) is 12.8 Å². The van der Waals surface area contributed by atoms with Crippen LogP contribution in [0.4, 0.5) is 4.79 Å². The van der Waals surface area contributed by atoms with Crippen LogP contribution < -0.4 is 10.6 Å². The van der Waals surface area contributed by atoms with Gasteiger partial charge >= 0.3 is 6.03 Å². The number of carbonyl (C=O) groups is 1. The van der Waals surface area contributed by atoms with E-state index in [0.29, 0.717) is 12.1 Å². The average Bonchev–Trinajstić information content (AvgIpc) is 2.27. The van der Waals surface area contributed by atoms with Crippen LogP contribution in [0.3, 0.4) is 0 Å². The normalized spacial score (nSPS) is 36.6. The minimum absolute atomic E-state index is 0.0151. The fourth-order valence-corrected chi connectivity index (χ4v) is 1.51. The minimum Gasteiger partial charge on any atom is -0.333 e. The van der Waals surface area contributed by atoms with Gasteiger partial charge in [0.15, 0.2) is 0 Å². The van der Waals surface area contributed by atoms with Crippen LogP contribution in [0.5, 0.6) is 0 Å². The lowest BCUT2D eigenvalue weighted by molar-refractivity contribution is 0.247. The Labute approximate surface area is 59.5 Å². The van der Waals surface area contributed by atoms with E-state index in [1.54, 1.807) is 0 Å². The van der Waals surface area contributed by atoms with Crippen molar-refractivity contribution >= 4 is 6.03 Å². The van der Waals surface area contributed by atoms with Crippen molar-refractivity contribution in [3.8, 4) is 0 Å². The standard InChI is InChI=1S/C7H10N2O/c10-7-8-5-3-1-2-4-6(5)9-7/h1-2,5-6H,3-4H2,(H2,8,9,10)/t5-,6+. The molecule has 0 aromatic carbocycles. The van der Waals surface area contributed by atoms with Crippen molar-refractivity contribution in [3.63, 3.8) is 0 Å². The molecule has 2 atom stereocenters. The van der Waals surface area contributed by atoms with E-state index in [9.17, 15) is 4.79 Å². The largest absolute Gasteiger partial charge is 0.333 e. The van der Waals surface area contributed by atoms with Crippen LogP contribution in [-0.4, -0.2) is 18.1 Å². The molecule has 3 heteroatoms. The molecule has 0 spiro atoms. The molecule has 3 nitrogen and oxygen atoms in total. The molecule has 0 aromatic rings. The van der Waals surface area contributed by atoms with E-state index in [1.807, 2.05) is 0 Å². The maximum absolute atomic E-state index is 10.8. The molecular weight excluding hydrogens is 128 g/mol. The second-order valence-electron chi connectivity index (χ2n) is 2.77. The predicted molar refractivity (Wildman–Crippen MR) is 37.6 cm³/mol. The summed E-state index contributed by atoms with van der Waals surface area (Å²) in [5.41, 5.74) is 0. The molecule has 0 unspecified atom stereocenters. The zero-order valence-corrected chi connectivity index (χ0v) is 5.63. The van der Waals surface area contributed by atoms with Crippen LogP contribution in [0, 0.1) is 0 Å². The first-order chi connectivity index (χ1) is 4.86. The van der Waals surface area contributed by atoms with Gasteiger partial charge in [0, 0.05) is 0 Å². The van der Waals surface area contributed by atoms with Gasteiger partial charge in [0.25, 0.3) is 0 Å². The monoisotopic (exact) mass is 138 g/mol. The summed E-state index contributed by atoms with van der Waals surface area (Å²) in [4.78, 5) is 10.8. The van der Waals surface area contributed by atoms with Gasteiger partial charge in [-0.05, 0) is 12.8 Å². The van der Waals surface area contributed by atoms with Gasteiger partial charge in [-0.15, -0.1) is 0 Å². The molecule has 0 radical (unpaired) electrons. The van der Waals surface area contributed by atoms with Crippen molar-refractivity contribution in [2.24, 2.45) is 0 Å². The van der Waals surface area contributed by atoms with Gasteiger partial charge in [-0.25, -0.2) is 4.79 Å². The highest BCUT2D eigenvalue weighted by atomic mass is 16.2. The first-order valence-electron chi connectivity index (χ1n) is 3.58. The average molecular weight is 138 g/mol. The number of amides is 2. The maximum atomic E-state index is 10.8. The van der Waals surface area contributed by atoms with E-state index in [-0.39, 0.29) is 6.03 Å². The Bertz CT molecular complexity index is 170. The third-order valence-corrected chi connectivity index (χ3v) is 2.07. The lowest BCUT2D eigenvalue weighted by Gasteiger charge is -2.18. The number of carbonyl (C=O) groups excluding carboxylic acids is 1. The van der Waals surface area contributed by atoms with Gasteiger partial charge in [0.1, 0.15) is 0 Å². The fourth-order valence-electron chi connectivity index (χ4n) is 1.51. The Balaban J connectivity index is 2.11. The molecule has 1 heterocycles. The molecule has 2 rings (SSSR count). The molecule has 1 aliphatic carbocycles. The highest BCUT2D eigenvalue weighted by Gasteiger charge is 2.30. The highest BCUT2D eigenvalue weighted by Crippen LogP contribution is 2.15. The summed E-state index contributed by atoms with van der Waals surface area (Å²) in [5.74, 6) is 0. The summed E-state index contributed by atoms with van der Waals surface area (Å²) in [6.45, 7) is 0. The Hall–Kier alpha value is -0.990. The lowest BCUT2D eigenvalue weighted by atomic mass is 9.98. The van der Waals surface area contributed by atoms with E-state index in [4.69, 9.17) is 0 Å². The van der Waals surface area contributed by atoms with Gasteiger partial charge in [0.05, 0.1) is 12.1 Å². The van der Waals surface area contributed by atoms with E-state index >= 15 is 0 Å². The molecule has 2 amide bonds. The smallest absolute Gasteiger partial charge is 0.315 e. The van der Waals surface area contributed by atoms with E-state index < -0.39 is 0 Å². The van der Waals surface area contributed by atoms with E-state index in [2.05, 4.69) is 22.8 Å². The summed E-state index contributed by atoms with van der Waals surface area (Å²) in [6.07, 6.45) is 6.19. The van der Waals surface area contributed by atoms with Crippen molar-refractivity contribution < 1.29 is 4.79 Å². The summed E-state index contributed by atoms with van der Waals surface area (Å²) < 4.78 is 0. The van der Waals surface area contributed by atoms with Crippen LogP contribution in [0.1, 0.15) is 12.8 Å². The Morgan fingerprint density at radius 3 is 2.20 bits per heavy atom. The number of nitrogens with one attached hydrogen (secondary N) is 2. The van der Waals surface area contributed by atoms with Crippen LogP contribution in [0.2, 0.25) is 0 Å². The lowest BCUT2D eigenvalue weighted by Crippen LogP contribution is -2.34. The Morgan fingerprint density at radius 2 is 1.70 bits per heavy atom. The quantitative estimate of drug-likeness (QED) is 0.467. The molecule has 0 saturated carbocycles. The summed E-state index contributed by atoms with van der Waals surface area (Å²) in [5, 5.41) is 5.71. The molecule has 10 heavy (non-hydrogen) atoms. The topological polar surface area (TPSA) is 41.1 Å². The Morgan fingerprint density at radius 1 is 1.20 bits per heavy atom. The number of hydrogen-bond acceptors (Lipinski definition) is 1. The minimum atomic E-state index is -0.0151. The van der Waals surface area contributed by atoms with Crippen LogP contribution >= 0.6 is 0 Å². The first kappa shape index (κ1) is 5.77. The molecule has 1 fully saturated rings. The molecule has 1 saturated heterocycles. The summed E-state index contributed by atoms with van der Waals surface area (Å²) in [6, 6.07) is 0.675. The molecule has 1 aliphatic heterocycles. The number of urea groups is 1. The van der Waals surface area contributed by atoms with Crippen LogP contribution in [0.25, 0.3) is 0 Å². The zero-order chi connectivity index (χ0) is 6.97. The highest BCUT2D eigenvalue weighted by molar-refractivity contribution is 5.77. The van der Waals surface area contributed by atoms with Crippen LogP contribution in [-0.2, 0) is 0 Å². The second-order valence-corrected chi connectivity index (χ2v) is 2.77.